The van der Waals surface area contributed by atoms with Gasteiger partial charge in [0.2, 0.25) is 5.91 Å². The summed E-state index contributed by atoms with van der Waals surface area (Å²) in [6, 6.07) is 0.0769. The number of hydrogen-bond donors (Lipinski definition) is 2. The minimum absolute atomic E-state index is 0.0769. The highest BCUT2D eigenvalue weighted by Gasteiger charge is 2.57. The van der Waals surface area contributed by atoms with Crippen LogP contribution in [0, 0.1) is 25.2 Å². The van der Waals surface area contributed by atoms with Crippen LogP contribution in [0.15, 0.2) is 0 Å². The van der Waals surface area contributed by atoms with E-state index in [2.05, 4.69) is 22.5 Å². The van der Waals surface area contributed by atoms with E-state index >= 15 is 0 Å². The molecule has 1 amide bonds. The summed E-state index contributed by atoms with van der Waals surface area (Å²) in [5.74, 6) is 0.478. The Morgan fingerprint density at radius 2 is 2.15 bits per heavy atom. The van der Waals surface area contributed by atoms with Gasteiger partial charge < -0.3 is 10.6 Å². The van der Waals surface area contributed by atoms with Crippen LogP contribution >= 0.6 is 11.3 Å². The molecule has 0 bridgehead atoms. The third kappa shape index (κ3) is 2.49. The molecule has 3 rings (SSSR count). The summed E-state index contributed by atoms with van der Waals surface area (Å²) in [7, 11) is 0. The number of aromatic nitrogens is 1. The topological polar surface area (TPSA) is 54.0 Å². The van der Waals surface area contributed by atoms with Crippen molar-refractivity contribution in [1.82, 2.24) is 15.6 Å². The second-order valence-electron chi connectivity index (χ2n) is 6.28. The monoisotopic (exact) mass is 293 g/mol. The third-order valence-electron chi connectivity index (χ3n) is 4.80. The lowest BCUT2D eigenvalue weighted by atomic mass is 9.91. The average Bonchev–Trinajstić information content (AvgIpc) is 2.98. The number of rotatable bonds is 3. The van der Waals surface area contributed by atoms with Crippen LogP contribution in [0.2, 0.25) is 0 Å². The predicted molar refractivity (Wildman–Crippen MR) is 80.8 cm³/mol. The highest BCUT2D eigenvalue weighted by molar-refractivity contribution is 7.11. The van der Waals surface area contributed by atoms with E-state index in [-0.39, 0.29) is 17.9 Å². The molecule has 2 atom stereocenters. The molecule has 1 aliphatic heterocycles. The third-order valence-corrected chi connectivity index (χ3v) is 6.05. The number of nitrogens with zero attached hydrogens (tertiary/aromatic N) is 1. The number of thiazole rings is 1. The molecule has 1 aliphatic carbocycles. The second-order valence-corrected chi connectivity index (χ2v) is 7.52. The zero-order valence-electron chi connectivity index (χ0n) is 12.5. The molecule has 1 saturated heterocycles. The smallest absolute Gasteiger partial charge is 0.224 e. The molecule has 1 spiro atoms. The maximum atomic E-state index is 12.4. The van der Waals surface area contributed by atoms with Gasteiger partial charge in [0, 0.05) is 10.8 Å². The number of carbonyl (C=O) groups excluding carboxylic acids is 1. The molecule has 20 heavy (non-hydrogen) atoms. The van der Waals surface area contributed by atoms with Crippen LogP contribution in [0.5, 0.6) is 0 Å². The molecule has 2 aliphatic rings. The van der Waals surface area contributed by atoms with Crippen molar-refractivity contribution in [2.24, 2.45) is 11.3 Å². The van der Waals surface area contributed by atoms with Crippen molar-refractivity contribution >= 4 is 17.2 Å². The van der Waals surface area contributed by atoms with Crippen molar-refractivity contribution < 1.29 is 4.79 Å². The van der Waals surface area contributed by atoms with Crippen molar-refractivity contribution in [3.63, 3.8) is 0 Å². The highest BCUT2D eigenvalue weighted by atomic mass is 32.1. The molecule has 5 heteroatoms. The van der Waals surface area contributed by atoms with Gasteiger partial charge in [0.25, 0.3) is 0 Å². The van der Waals surface area contributed by atoms with Crippen molar-refractivity contribution in [2.75, 3.05) is 13.1 Å². The van der Waals surface area contributed by atoms with Crippen LogP contribution in [-0.4, -0.2) is 24.0 Å². The van der Waals surface area contributed by atoms with Gasteiger partial charge in [0.1, 0.15) is 0 Å². The van der Waals surface area contributed by atoms with Crippen LogP contribution in [0.3, 0.4) is 0 Å². The Labute approximate surface area is 124 Å². The van der Waals surface area contributed by atoms with Crippen molar-refractivity contribution in [3.8, 4) is 0 Å². The van der Waals surface area contributed by atoms with E-state index in [1.807, 2.05) is 13.8 Å². The maximum Gasteiger partial charge on any atom is 0.224 e. The summed E-state index contributed by atoms with van der Waals surface area (Å²) in [5.41, 5.74) is 1.36. The Bertz CT molecular complexity index is 519. The van der Waals surface area contributed by atoms with Gasteiger partial charge in [-0.2, -0.15) is 0 Å². The average molecular weight is 293 g/mol. The molecule has 0 radical (unpaired) electrons. The van der Waals surface area contributed by atoms with E-state index in [0.717, 1.165) is 43.1 Å². The first kappa shape index (κ1) is 14.0. The lowest BCUT2D eigenvalue weighted by Crippen LogP contribution is -2.34. The lowest BCUT2D eigenvalue weighted by molar-refractivity contribution is -0.123. The van der Waals surface area contributed by atoms with Crippen LogP contribution in [0.4, 0.5) is 0 Å². The molecule has 1 aromatic rings. The first-order chi connectivity index (χ1) is 9.52. The molecule has 1 saturated carbocycles. The van der Waals surface area contributed by atoms with E-state index in [1.54, 1.807) is 11.3 Å². The standard InChI is InChI=1S/C15H23N3OS/c1-9-13(20-11(3)17-9)10(2)18-14(19)12-8-15(12)4-6-16-7-5-15/h10,12,16H,4-8H2,1-3H3,(H,18,19). The molecule has 2 unspecified atom stereocenters. The molecular weight excluding hydrogens is 270 g/mol. The fourth-order valence-corrected chi connectivity index (χ4v) is 4.45. The van der Waals surface area contributed by atoms with Gasteiger partial charge >= 0.3 is 0 Å². The SMILES string of the molecule is Cc1nc(C)c(C(C)NC(=O)C2CC23CCNCC3)s1. The Hall–Kier alpha value is -0.940. The van der Waals surface area contributed by atoms with E-state index in [1.165, 1.54) is 4.88 Å². The Kier molecular flexibility index (Phi) is 3.58. The van der Waals surface area contributed by atoms with Crippen LogP contribution in [0.1, 0.15) is 47.8 Å². The quantitative estimate of drug-likeness (QED) is 0.899. The van der Waals surface area contributed by atoms with E-state index < -0.39 is 0 Å². The minimum atomic E-state index is 0.0769. The van der Waals surface area contributed by atoms with Crippen molar-refractivity contribution in [1.29, 1.82) is 0 Å². The normalized spacial score (nSPS) is 25.4. The van der Waals surface area contributed by atoms with Crippen LogP contribution in [0.25, 0.3) is 0 Å². The highest BCUT2D eigenvalue weighted by Crippen LogP contribution is 2.58. The van der Waals surface area contributed by atoms with Gasteiger partial charge in [-0.1, -0.05) is 0 Å². The van der Waals surface area contributed by atoms with Gasteiger partial charge in [-0.25, -0.2) is 4.98 Å². The Balaban J connectivity index is 1.61. The maximum absolute atomic E-state index is 12.4. The minimum Gasteiger partial charge on any atom is -0.348 e. The van der Waals surface area contributed by atoms with E-state index in [4.69, 9.17) is 0 Å². The lowest BCUT2D eigenvalue weighted by Gasteiger charge is -2.23. The zero-order valence-corrected chi connectivity index (χ0v) is 13.3. The fourth-order valence-electron chi connectivity index (χ4n) is 3.52. The largest absolute Gasteiger partial charge is 0.348 e. The van der Waals surface area contributed by atoms with Gasteiger partial charge in [0.05, 0.1) is 16.7 Å². The first-order valence-electron chi connectivity index (χ1n) is 7.47. The summed E-state index contributed by atoms with van der Waals surface area (Å²) in [6.45, 7) is 8.22. The van der Waals surface area contributed by atoms with Gasteiger partial charge in [-0.3, -0.25) is 4.79 Å². The first-order valence-corrected chi connectivity index (χ1v) is 8.28. The molecule has 4 nitrogen and oxygen atoms in total. The van der Waals surface area contributed by atoms with Crippen molar-refractivity contribution in [2.45, 2.75) is 46.1 Å². The summed E-state index contributed by atoms with van der Waals surface area (Å²) in [4.78, 5) is 18.1. The number of carbonyl (C=O) groups is 1. The second kappa shape index (κ2) is 5.11. The molecule has 1 aromatic heterocycles. The summed E-state index contributed by atoms with van der Waals surface area (Å²) >= 11 is 1.69. The number of hydrogen-bond acceptors (Lipinski definition) is 4. The summed E-state index contributed by atoms with van der Waals surface area (Å²) < 4.78 is 0. The molecule has 110 valence electrons. The summed E-state index contributed by atoms with van der Waals surface area (Å²) in [5, 5.41) is 7.64. The summed E-state index contributed by atoms with van der Waals surface area (Å²) in [6.07, 6.45) is 3.38. The molecule has 2 heterocycles. The van der Waals surface area contributed by atoms with Gasteiger partial charge in [0.15, 0.2) is 0 Å². The van der Waals surface area contributed by atoms with E-state index in [9.17, 15) is 4.79 Å². The van der Waals surface area contributed by atoms with Crippen LogP contribution < -0.4 is 10.6 Å². The molecule has 2 N–H and O–H groups in total. The Morgan fingerprint density at radius 3 is 2.75 bits per heavy atom. The van der Waals surface area contributed by atoms with Gasteiger partial charge in [-0.05, 0) is 58.5 Å². The number of amides is 1. The Morgan fingerprint density at radius 1 is 1.45 bits per heavy atom. The van der Waals surface area contributed by atoms with E-state index in [0.29, 0.717) is 5.41 Å². The number of piperidine rings is 1. The number of nitrogens with one attached hydrogen (secondary N) is 2. The molecular formula is C15H23N3OS. The zero-order chi connectivity index (χ0) is 14.3. The molecule has 0 aromatic carbocycles. The van der Waals surface area contributed by atoms with Crippen LogP contribution in [-0.2, 0) is 4.79 Å². The molecule has 2 fully saturated rings. The van der Waals surface area contributed by atoms with Gasteiger partial charge in [-0.15, -0.1) is 11.3 Å². The number of aryl methyl sites for hydroxylation is 2. The van der Waals surface area contributed by atoms with Crippen molar-refractivity contribution in [3.05, 3.63) is 15.6 Å². The predicted octanol–water partition coefficient (Wildman–Crippen LogP) is 2.33. The fraction of sp³-hybridized carbons (Fsp3) is 0.733.